The van der Waals surface area contributed by atoms with E-state index in [0.29, 0.717) is 15.9 Å². The molecule has 2 rings (SSSR count). The molecule has 18 heavy (non-hydrogen) atoms. The number of carbonyl (C=O) groups is 1. The third kappa shape index (κ3) is 2.75. The number of hydrogen-bond acceptors (Lipinski definition) is 6. The molecule has 2 heterocycles. The van der Waals surface area contributed by atoms with E-state index >= 15 is 0 Å². The first-order chi connectivity index (χ1) is 8.56. The van der Waals surface area contributed by atoms with Crippen LogP contribution >= 0.6 is 11.8 Å². The van der Waals surface area contributed by atoms with Crippen molar-refractivity contribution in [2.75, 3.05) is 5.73 Å². The van der Waals surface area contributed by atoms with Gasteiger partial charge >= 0.3 is 0 Å². The van der Waals surface area contributed by atoms with Gasteiger partial charge in [0.15, 0.2) is 5.16 Å². The zero-order chi connectivity index (χ0) is 13.1. The van der Waals surface area contributed by atoms with Gasteiger partial charge in [-0.25, -0.2) is 15.0 Å². The topological polar surface area (TPSA) is 108 Å². The maximum absolute atomic E-state index is 11.0. The Morgan fingerprint density at radius 1 is 1.28 bits per heavy atom. The van der Waals surface area contributed by atoms with Gasteiger partial charge in [-0.15, -0.1) is 0 Å². The minimum atomic E-state index is -0.596. The number of amides is 1. The molecule has 0 saturated heterocycles. The number of anilines is 1. The minimum Gasteiger partial charge on any atom is -0.397 e. The number of pyridine rings is 1. The number of primary amides is 1. The van der Waals surface area contributed by atoms with Gasteiger partial charge in [0, 0.05) is 12.4 Å². The number of nitrogens with zero attached hydrogens (tertiary/aromatic N) is 3. The van der Waals surface area contributed by atoms with Crippen LogP contribution in [0, 0.1) is 6.92 Å². The highest BCUT2D eigenvalue weighted by Crippen LogP contribution is 2.27. The molecule has 0 unspecified atom stereocenters. The normalized spacial score (nSPS) is 10.3. The van der Waals surface area contributed by atoms with Crippen LogP contribution in [0.15, 0.2) is 34.7 Å². The average molecular weight is 261 g/mol. The van der Waals surface area contributed by atoms with Crippen LogP contribution in [0.1, 0.15) is 16.1 Å². The third-order valence-electron chi connectivity index (χ3n) is 2.09. The molecule has 1 amide bonds. The summed E-state index contributed by atoms with van der Waals surface area (Å²) >= 11 is 1.19. The first-order valence-electron chi connectivity index (χ1n) is 5.09. The second-order valence-corrected chi connectivity index (χ2v) is 4.56. The van der Waals surface area contributed by atoms with Gasteiger partial charge in [-0.05, 0) is 36.4 Å². The van der Waals surface area contributed by atoms with E-state index in [1.165, 1.54) is 17.8 Å². The Bertz CT molecular complexity index is 584. The van der Waals surface area contributed by atoms with Crippen molar-refractivity contribution >= 4 is 23.4 Å². The summed E-state index contributed by atoms with van der Waals surface area (Å²) in [5.74, 6) is -0.596. The van der Waals surface area contributed by atoms with Gasteiger partial charge < -0.3 is 11.5 Å². The molecule has 2 aromatic heterocycles. The van der Waals surface area contributed by atoms with Crippen LogP contribution in [0.2, 0.25) is 0 Å². The van der Waals surface area contributed by atoms with Crippen molar-refractivity contribution in [2.45, 2.75) is 17.1 Å². The highest BCUT2D eigenvalue weighted by molar-refractivity contribution is 7.99. The van der Waals surface area contributed by atoms with Crippen LogP contribution in [0.5, 0.6) is 0 Å². The number of nitrogens with two attached hydrogens (primary N) is 2. The summed E-state index contributed by atoms with van der Waals surface area (Å²) < 4.78 is 0. The molecule has 7 heteroatoms. The van der Waals surface area contributed by atoms with Gasteiger partial charge in [0.1, 0.15) is 10.7 Å². The quantitative estimate of drug-likeness (QED) is 0.798. The smallest absolute Gasteiger partial charge is 0.267 e. The molecule has 0 radical (unpaired) electrons. The van der Waals surface area contributed by atoms with Gasteiger partial charge in [-0.1, -0.05) is 0 Å². The number of carbonyl (C=O) groups excluding carboxylic acids is 1. The Morgan fingerprint density at radius 3 is 2.56 bits per heavy atom. The van der Waals surface area contributed by atoms with E-state index in [9.17, 15) is 4.79 Å². The van der Waals surface area contributed by atoms with Crippen LogP contribution in [-0.4, -0.2) is 20.9 Å². The molecule has 92 valence electrons. The maximum atomic E-state index is 11.0. The molecule has 0 aliphatic rings. The van der Waals surface area contributed by atoms with Gasteiger partial charge in [0.25, 0.3) is 5.91 Å². The zero-order valence-electron chi connectivity index (χ0n) is 9.62. The van der Waals surface area contributed by atoms with Gasteiger partial charge in [-0.2, -0.15) is 0 Å². The van der Waals surface area contributed by atoms with Gasteiger partial charge in [0.2, 0.25) is 0 Å². The van der Waals surface area contributed by atoms with Crippen molar-refractivity contribution < 1.29 is 4.79 Å². The molecule has 0 aliphatic heterocycles. The van der Waals surface area contributed by atoms with E-state index in [2.05, 4.69) is 15.0 Å². The molecular weight excluding hydrogens is 250 g/mol. The number of nitrogen functional groups attached to an aromatic ring is 1. The highest BCUT2D eigenvalue weighted by Gasteiger charge is 2.10. The summed E-state index contributed by atoms with van der Waals surface area (Å²) in [7, 11) is 0. The van der Waals surface area contributed by atoms with Crippen molar-refractivity contribution in [3.8, 4) is 0 Å². The van der Waals surface area contributed by atoms with E-state index in [-0.39, 0.29) is 5.69 Å². The van der Waals surface area contributed by atoms with Crippen LogP contribution in [0.3, 0.4) is 0 Å². The van der Waals surface area contributed by atoms with Gasteiger partial charge in [-0.3, -0.25) is 4.79 Å². The highest BCUT2D eigenvalue weighted by atomic mass is 32.2. The van der Waals surface area contributed by atoms with Gasteiger partial charge in [0.05, 0.1) is 5.69 Å². The van der Waals surface area contributed by atoms with Crippen molar-refractivity contribution in [3.63, 3.8) is 0 Å². The van der Waals surface area contributed by atoms with E-state index in [0.717, 1.165) is 5.56 Å². The summed E-state index contributed by atoms with van der Waals surface area (Å²) in [5.41, 5.74) is 12.5. The first-order valence-corrected chi connectivity index (χ1v) is 5.91. The molecule has 0 bridgehead atoms. The van der Waals surface area contributed by atoms with Crippen molar-refractivity contribution in [1.82, 2.24) is 15.0 Å². The molecule has 2 aromatic rings. The predicted octanol–water partition coefficient (Wildman–Crippen LogP) is 1.01. The van der Waals surface area contributed by atoms with E-state index < -0.39 is 5.91 Å². The molecule has 4 N–H and O–H groups in total. The molecule has 0 spiro atoms. The maximum Gasteiger partial charge on any atom is 0.267 e. The van der Waals surface area contributed by atoms with Crippen LogP contribution in [-0.2, 0) is 0 Å². The second-order valence-electron chi connectivity index (χ2n) is 3.60. The molecule has 0 aliphatic carbocycles. The molecule has 0 fully saturated rings. The molecule has 0 atom stereocenters. The standard InChI is InChI=1S/C11H11N5OS/c1-6-4-14-11(15-5-6)18-10-7(12)2-3-8(16-10)9(13)17/h2-5H,12H2,1H3,(H2,13,17). The Hall–Kier alpha value is -2.15. The fourth-order valence-corrected chi connectivity index (χ4v) is 1.90. The second kappa shape index (κ2) is 5.01. The summed E-state index contributed by atoms with van der Waals surface area (Å²) in [6.07, 6.45) is 3.40. The van der Waals surface area contributed by atoms with Crippen LogP contribution in [0.4, 0.5) is 5.69 Å². The fourth-order valence-electron chi connectivity index (χ4n) is 1.19. The average Bonchev–Trinajstić information content (AvgIpc) is 2.34. The lowest BCUT2D eigenvalue weighted by atomic mass is 10.3. The predicted molar refractivity (Wildman–Crippen MR) is 68.1 cm³/mol. The monoisotopic (exact) mass is 261 g/mol. The number of rotatable bonds is 3. The lowest BCUT2D eigenvalue weighted by Crippen LogP contribution is -2.13. The van der Waals surface area contributed by atoms with Crippen molar-refractivity contribution in [1.29, 1.82) is 0 Å². The minimum absolute atomic E-state index is 0.166. The fraction of sp³-hybridized carbons (Fsp3) is 0.0909. The molecular formula is C11H11N5OS. The third-order valence-corrected chi connectivity index (χ3v) is 3.00. The lowest BCUT2D eigenvalue weighted by molar-refractivity contribution is 0.0995. The molecule has 6 nitrogen and oxygen atoms in total. The Balaban J connectivity index is 2.30. The van der Waals surface area contributed by atoms with Crippen LogP contribution in [0.25, 0.3) is 0 Å². The first kappa shape index (κ1) is 12.3. The van der Waals surface area contributed by atoms with Crippen LogP contribution < -0.4 is 11.5 Å². The van der Waals surface area contributed by atoms with Crippen molar-refractivity contribution in [3.05, 3.63) is 35.8 Å². The summed E-state index contributed by atoms with van der Waals surface area (Å²) in [6, 6.07) is 3.07. The van der Waals surface area contributed by atoms with E-state index in [1.807, 2.05) is 6.92 Å². The lowest BCUT2D eigenvalue weighted by Gasteiger charge is -2.04. The summed E-state index contributed by atoms with van der Waals surface area (Å²) in [4.78, 5) is 23.4. The molecule has 0 aromatic carbocycles. The van der Waals surface area contributed by atoms with E-state index in [4.69, 9.17) is 11.5 Å². The van der Waals surface area contributed by atoms with E-state index in [1.54, 1.807) is 18.5 Å². The summed E-state index contributed by atoms with van der Waals surface area (Å²) in [5, 5.41) is 0.983. The zero-order valence-corrected chi connectivity index (χ0v) is 10.4. The largest absolute Gasteiger partial charge is 0.397 e. The Labute approximate surface area is 108 Å². The summed E-state index contributed by atoms with van der Waals surface area (Å²) in [6.45, 7) is 1.90. The Kier molecular flexibility index (Phi) is 3.42. The Morgan fingerprint density at radius 2 is 1.94 bits per heavy atom. The molecule has 0 saturated carbocycles. The number of hydrogen-bond donors (Lipinski definition) is 2. The SMILES string of the molecule is Cc1cnc(Sc2nc(C(N)=O)ccc2N)nc1. The number of aryl methyl sites for hydroxylation is 1. The number of aromatic nitrogens is 3. The van der Waals surface area contributed by atoms with Crippen molar-refractivity contribution in [2.24, 2.45) is 5.73 Å².